The lowest BCUT2D eigenvalue weighted by Gasteiger charge is -2.25. The number of hydrogen-bond donors (Lipinski definition) is 2. The van der Waals surface area contributed by atoms with Gasteiger partial charge in [-0.3, -0.25) is 14.4 Å². The molecule has 0 aliphatic rings. The van der Waals surface area contributed by atoms with Gasteiger partial charge in [-0.05, 0) is 61.7 Å². The summed E-state index contributed by atoms with van der Waals surface area (Å²) < 4.78 is 26.8. The maximum Gasteiger partial charge on any atom is 0.408 e. The number of methoxy groups -OCH3 is 1. The van der Waals surface area contributed by atoms with E-state index in [4.69, 9.17) is 23.7 Å². The molecule has 13 nitrogen and oxygen atoms in total. The van der Waals surface area contributed by atoms with Crippen LogP contribution in [0.25, 0.3) is 11.1 Å². The third-order valence-corrected chi connectivity index (χ3v) is 6.82. The normalized spacial score (nSPS) is 12.1. The summed E-state index contributed by atoms with van der Waals surface area (Å²) >= 11 is 0. The molecule has 0 unspecified atom stereocenters. The van der Waals surface area contributed by atoms with Gasteiger partial charge in [-0.2, -0.15) is 0 Å². The van der Waals surface area contributed by atoms with Crippen LogP contribution < -0.4 is 20.1 Å². The highest BCUT2D eigenvalue weighted by atomic mass is 16.6. The van der Waals surface area contributed by atoms with Gasteiger partial charge in [-0.25, -0.2) is 14.4 Å². The largest absolute Gasteiger partial charge is 0.467 e. The second-order valence-corrected chi connectivity index (χ2v) is 12.3. The molecule has 0 spiro atoms. The Morgan fingerprint density at radius 3 is 1.60 bits per heavy atom. The summed E-state index contributed by atoms with van der Waals surface area (Å²) in [5.41, 5.74) is 1.51. The van der Waals surface area contributed by atoms with Gasteiger partial charge in [0.1, 0.15) is 35.8 Å². The molecule has 0 saturated carbocycles. The number of carbonyl (C=O) groups excluding carboxylic acids is 6. The van der Waals surface area contributed by atoms with Crippen LogP contribution in [0.5, 0.6) is 11.5 Å². The maximum absolute atomic E-state index is 13.3. The van der Waals surface area contributed by atoms with Crippen LogP contribution >= 0.6 is 0 Å². The number of nitrogens with one attached hydrogen (secondary N) is 2. The molecule has 0 bridgehead atoms. The number of esters is 4. The fourth-order valence-electron chi connectivity index (χ4n) is 4.84. The van der Waals surface area contributed by atoms with Crippen molar-refractivity contribution < 1.29 is 52.5 Å². The summed E-state index contributed by atoms with van der Waals surface area (Å²) in [6.07, 6.45) is -0.901. The Balaban J connectivity index is 2.07. The minimum atomic E-state index is -1.19. The van der Waals surface area contributed by atoms with E-state index in [9.17, 15) is 28.8 Å². The van der Waals surface area contributed by atoms with Crippen LogP contribution in [-0.4, -0.2) is 60.7 Å². The Morgan fingerprint density at radius 1 is 0.660 bits per heavy atom. The zero-order valence-corrected chi connectivity index (χ0v) is 29.1. The molecule has 3 aromatic rings. The van der Waals surface area contributed by atoms with Gasteiger partial charge in [0, 0.05) is 44.7 Å². The second-order valence-electron chi connectivity index (χ2n) is 12.3. The van der Waals surface area contributed by atoms with Gasteiger partial charge in [0.05, 0.1) is 7.11 Å². The molecule has 13 heteroatoms. The summed E-state index contributed by atoms with van der Waals surface area (Å²) in [5.74, 6) is -2.88. The third-order valence-electron chi connectivity index (χ3n) is 6.82. The molecule has 0 heterocycles. The highest BCUT2D eigenvalue weighted by Gasteiger charge is 2.29. The van der Waals surface area contributed by atoms with E-state index >= 15 is 0 Å². The lowest BCUT2D eigenvalue weighted by molar-refractivity contribution is -0.157. The van der Waals surface area contributed by atoms with E-state index in [2.05, 4.69) is 10.6 Å². The Kier molecular flexibility index (Phi) is 13.6. The summed E-state index contributed by atoms with van der Waals surface area (Å²) in [7, 11) is 1.20. The molecule has 0 fully saturated rings. The minimum absolute atomic E-state index is 0.0118. The Bertz CT molecular complexity index is 1710. The number of amides is 2. The monoisotopic (exact) mass is 690 g/mol. The Morgan fingerprint density at radius 2 is 1.16 bits per heavy atom. The van der Waals surface area contributed by atoms with Gasteiger partial charge in [0.2, 0.25) is 5.91 Å². The molecular formula is C37H42N2O11. The van der Waals surface area contributed by atoms with Crippen LogP contribution in [0.3, 0.4) is 0 Å². The van der Waals surface area contributed by atoms with Crippen LogP contribution in [0.1, 0.15) is 58.2 Å². The molecule has 2 N–H and O–H groups in total. The summed E-state index contributed by atoms with van der Waals surface area (Å²) in [6.45, 7) is 8.78. The molecule has 3 rings (SSSR count). The molecule has 0 aliphatic carbocycles. The number of alkyl carbamates (subject to hydrolysis) is 1. The quantitative estimate of drug-likeness (QED) is 0.146. The lowest BCUT2D eigenvalue weighted by Crippen LogP contribution is -2.45. The van der Waals surface area contributed by atoms with Gasteiger partial charge in [0.25, 0.3) is 0 Å². The third kappa shape index (κ3) is 12.4. The van der Waals surface area contributed by atoms with Crippen LogP contribution in [0, 0.1) is 0 Å². The highest BCUT2D eigenvalue weighted by molar-refractivity contribution is 5.85. The van der Waals surface area contributed by atoms with E-state index < -0.39 is 53.6 Å². The minimum Gasteiger partial charge on any atom is -0.467 e. The van der Waals surface area contributed by atoms with E-state index in [1.807, 2.05) is 6.07 Å². The fourth-order valence-corrected chi connectivity index (χ4v) is 4.84. The van der Waals surface area contributed by atoms with Crippen LogP contribution in [0.2, 0.25) is 0 Å². The summed E-state index contributed by atoms with van der Waals surface area (Å²) in [4.78, 5) is 74.7. The SMILES string of the molecule is COC(=O)[C@H](Cc1ccc(OC(C)=O)c(-c2cc(C[C@H](NC(=O)OCc3ccccc3)C(=O)OC(C)(C)C)ccc2OC(C)=O)c1)NC(C)=O. The predicted molar refractivity (Wildman–Crippen MR) is 181 cm³/mol. The number of rotatable bonds is 13. The van der Waals surface area contributed by atoms with E-state index in [1.54, 1.807) is 69.3 Å². The number of ether oxygens (including phenoxy) is 5. The zero-order valence-electron chi connectivity index (χ0n) is 29.1. The van der Waals surface area contributed by atoms with Gasteiger partial charge in [0.15, 0.2) is 0 Å². The van der Waals surface area contributed by atoms with Crippen LogP contribution in [0.15, 0.2) is 66.7 Å². The van der Waals surface area contributed by atoms with Crippen molar-refractivity contribution in [1.82, 2.24) is 10.6 Å². The van der Waals surface area contributed by atoms with Crippen molar-refractivity contribution in [2.45, 2.75) is 78.7 Å². The molecule has 3 aromatic carbocycles. The van der Waals surface area contributed by atoms with E-state index in [1.165, 1.54) is 40.0 Å². The molecule has 2 atom stereocenters. The average Bonchev–Trinajstić information content (AvgIpc) is 3.03. The molecule has 266 valence electrons. The zero-order chi connectivity index (χ0) is 37.0. The van der Waals surface area contributed by atoms with Crippen molar-refractivity contribution in [1.29, 1.82) is 0 Å². The van der Waals surface area contributed by atoms with E-state index in [0.717, 1.165) is 5.56 Å². The number of benzene rings is 3. The summed E-state index contributed by atoms with van der Waals surface area (Å²) in [6, 6.07) is 16.3. The van der Waals surface area contributed by atoms with Crippen molar-refractivity contribution in [3.63, 3.8) is 0 Å². The number of hydrogen-bond acceptors (Lipinski definition) is 11. The maximum atomic E-state index is 13.3. The Hall–Kier alpha value is -5.72. The first-order valence-electron chi connectivity index (χ1n) is 15.7. The molecule has 0 aliphatic heterocycles. The van der Waals surface area contributed by atoms with Crippen molar-refractivity contribution in [2.24, 2.45) is 0 Å². The Labute approximate surface area is 290 Å². The van der Waals surface area contributed by atoms with E-state index in [0.29, 0.717) is 22.3 Å². The molecule has 50 heavy (non-hydrogen) atoms. The second kappa shape index (κ2) is 17.6. The van der Waals surface area contributed by atoms with Gasteiger partial charge < -0.3 is 34.3 Å². The standard InChI is InChI=1S/C37H42N2O11/c1-22(40)38-30(34(43)46-7)19-26-13-15-32(48-23(2)41)28(17-26)29-18-27(14-16-33(29)49-24(3)42)20-31(35(44)50-37(4,5)6)39-36(45)47-21-25-11-9-8-10-12-25/h8-18,30-31H,19-21H2,1-7H3,(H,38,40)(H,39,45)/t30-,31-/m0/s1. The smallest absolute Gasteiger partial charge is 0.408 e. The molecule has 0 radical (unpaired) electrons. The molecular weight excluding hydrogens is 648 g/mol. The van der Waals surface area contributed by atoms with E-state index in [-0.39, 0.29) is 30.9 Å². The van der Waals surface area contributed by atoms with Gasteiger partial charge in [-0.15, -0.1) is 0 Å². The first kappa shape index (κ1) is 38.7. The highest BCUT2D eigenvalue weighted by Crippen LogP contribution is 2.39. The van der Waals surface area contributed by atoms with Crippen molar-refractivity contribution in [3.05, 3.63) is 83.4 Å². The van der Waals surface area contributed by atoms with Crippen molar-refractivity contribution >= 4 is 35.9 Å². The molecule has 2 amide bonds. The lowest BCUT2D eigenvalue weighted by atomic mass is 9.94. The van der Waals surface area contributed by atoms with Crippen LogP contribution in [-0.2, 0) is 57.6 Å². The topological polar surface area (TPSA) is 173 Å². The van der Waals surface area contributed by atoms with Crippen molar-refractivity contribution in [2.75, 3.05) is 7.11 Å². The summed E-state index contributed by atoms with van der Waals surface area (Å²) in [5, 5.41) is 5.15. The van der Waals surface area contributed by atoms with Gasteiger partial charge >= 0.3 is 30.0 Å². The first-order valence-corrected chi connectivity index (χ1v) is 15.7. The van der Waals surface area contributed by atoms with Gasteiger partial charge in [-0.1, -0.05) is 42.5 Å². The first-order chi connectivity index (χ1) is 23.5. The molecule has 0 saturated heterocycles. The number of carbonyl (C=O) groups is 6. The van der Waals surface area contributed by atoms with Crippen molar-refractivity contribution in [3.8, 4) is 22.6 Å². The predicted octanol–water partition coefficient (Wildman–Crippen LogP) is 4.60. The average molecular weight is 691 g/mol. The molecule has 0 aromatic heterocycles. The fraction of sp³-hybridized carbons (Fsp3) is 0.351. The van der Waals surface area contributed by atoms with Crippen LogP contribution in [0.4, 0.5) is 4.79 Å².